The molecule has 5 heteroatoms. The number of aldehydes is 1. The van der Waals surface area contributed by atoms with Gasteiger partial charge < -0.3 is 10.5 Å². The summed E-state index contributed by atoms with van der Waals surface area (Å²) in [5.74, 6) is 1.35. The molecule has 1 heterocycles. The Morgan fingerprint density at radius 1 is 1.41 bits per heavy atom. The van der Waals surface area contributed by atoms with Crippen molar-refractivity contribution in [2.75, 3.05) is 12.8 Å². The van der Waals surface area contributed by atoms with Crippen molar-refractivity contribution in [1.29, 1.82) is 0 Å². The highest BCUT2D eigenvalue weighted by molar-refractivity contribution is 5.81. The number of rotatable bonds is 3. The van der Waals surface area contributed by atoms with Crippen molar-refractivity contribution in [1.82, 2.24) is 9.97 Å². The first-order valence-corrected chi connectivity index (χ1v) is 4.96. The van der Waals surface area contributed by atoms with Gasteiger partial charge in [-0.2, -0.15) is 0 Å². The Bertz CT molecular complexity index is 555. The van der Waals surface area contributed by atoms with Gasteiger partial charge in [-0.05, 0) is 12.1 Å². The van der Waals surface area contributed by atoms with E-state index in [4.69, 9.17) is 10.5 Å². The van der Waals surface area contributed by atoms with Crippen molar-refractivity contribution in [3.05, 3.63) is 36.0 Å². The minimum atomic E-state index is 0.174. The molecule has 17 heavy (non-hydrogen) atoms. The van der Waals surface area contributed by atoms with E-state index in [1.807, 2.05) is 18.2 Å². The maximum absolute atomic E-state index is 10.6. The van der Waals surface area contributed by atoms with Crippen molar-refractivity contribution >= 4 is 12.1 Å². The fourth-order valence-corrected chi connectivity index (χ4v) is 1.40. The second kappa shape index (κ2) is 4.61. The average molecular weight is 229 g/mol. The van der Waals surface area contributed by atoms with Crippen molar-refractivity contribution in [3.63, 3.8) is 0 Å². The van der Waals surface area contributed by atoms with Crippen LogP contribution in [0.2, 0.25) is 0 Å². The van der Waals surface area contributed by atoms with Gasteiger partial charge in [-0.3, -0.25) is 4.79 Å². The molecule has 0 fully saturated rings. The van der Waals surface area contributed by atoms with Gasteiger partial charge in [0.05, 0.1) is 12.7 Å². The summed E-state index contributed by atoms with van der Waals surface area (Å²) in [6, 6.07) is 7.31. The lowest BCUT2D eigenvalue weighted by Gasteiger charge is -2.04. The van der Waals surface area contributed by atoms with Gasteiger partial charge in [0.25, 0.3) is 0 Å². The van der Waals surface area contributed by atoms with Crippen LogP contribution in [0.25, 0.3) is 11.4 Å². The molecule has 1 aromatic heterocycles. The Hall–Kier alpha value is -2.43. The van der Waals surface area contributed by atoms with Crippen LogP contribution in [0.3, 0.4) is 0 Å². The maximum atomic E-state index is 10.6. The summed E-state index contributed by atoms with van der Waals surface area (Å²) in [6.45, 7) is 0. The summed E-state index contributed by atoms with van der Waals surface area (Å²) in [6.07, 6.45) is 2.04. The molecule has 5 nitrogen and oxygen atoms in total. The third kappa shape index (κ3) is 2.23. The van der Waals surface area contributed by atoms with Gasteiger partial charge >= 0.3 is 0 Å². The quantitative estimate of drug-likeness (QED) is 0.808. The number of nitrogens with two attached hydrogens (primary N) is 1. The van der Waals surface area contributed by atoms with E-state index in [1.165, 1.54) is 6.20 Å². The molecular weight excluding hydrogens is 218 g/mol. The highest BCUT2D eigenvalue weighted by Gasteiger charge is 2.06. The molecule has 0 aliphatic carbocycles. The molecule has 0 saturated carbocycles. The second-order valence-corrected chi connectivity index (χ2v) is 3.38. The van der Waals surface area contributed by atoms with Gasteiger partial charge in [0.1, 0.15) is 11.6 Å². The van der Waals surface area contributed by atoms with E-state index in [2.05, 4.69) is 9.97 Å². The predicted molar refractivity (Wildman–Crippen MR) is 63.8 cm³/mol. The third-order valence-corrected chi connectivity index (χ3v) is 2.30. The Morgan fingerprint density at radius 2 is 2.24 bits per heavy atom. The first-order valence-electron chi connectivity index (χ1n) is 4.96. The summed E-state index contributed by atoms with van der Waals surface area (Å²) in [7, 11) is 1.59. The number of aromatic nitrogens is 2. The monoisotopic (exact) mass is 229 g/mol. The van der Waals surface area contributed by atoms with Crippen LogP contribution in [0, 0.1) is 0 Å². The van der Waals surface area contributed by atoms with Crippen LogP contribution < -0.4 is 10.5 Å². The van der Waals surface area contributed by atoms with Crippen molar-refractivity contribution in [2.45, 2.75) is 0 Å². The van der Waals surface area contributed by atoms with E-state index >= 15 is 0 Å². The van der Waals surface area contributed by atoms with Crippen LogP contribution in [-0.2, 0) is 0 Å². The van der Waals surface area contributed by atoms with Crippen LogP contribution >= 0.6 is 0 Å². The number of nitrogen functional groups attached to an aromatic ring is 1. The van der Waals surface area contributed by atoms with Crippen molar-refractivity contribution in [2.24, 2.45) is 0 Å². The van der Waals surface area contributed by atoms with Gasteiger partial charge in [0, 0.05) is 11.8 Å². The number of nitrogens with zero attached hydrogens (tertiary/aromatic N) is 2. The van der Waals surface area contributed by atoms with Crippen LogP contribution in [0.1, 0.15) is 10.4 Å². The second-order valence-electron chi connectivity index (χ2n) is 3.38. The largest absolute Gasteiger partial charge is 0.497 e. The Kier molecular flexibility index (Phi) is 3.00. The predicted octanol–water partition coefficient (Wildman–Crippen LogP) is 1.55. The van der Waals surface area contributed by atoms with E-state index in [-0.39, 0.29) is 11.4 Å². The zero-order valence-corrected chi connectivity index (χ0v) is 9.25. The van der Waals surface area contributed by atoms with Crippen LogP contribution in [0.4, 0.5) is 5.82 Å². The number of carbonyl (C=O) groups is 1. The normalized spacial score (nSPS) is 9.94. The molecule has 0 saturated heterocycles. The molecule has 2 rings (SSSR count). The smallest absolute Gasteiger partial charge is 0.161 e. The number of methoxy groups -OCH3 is 1. The molecule has 2 N–H and O–H groups in total. The van der Waals surface area contributed by atoms with E-state index in [9.17, 15) is 4.79 Å². The molecule has 0 spiro atoms. The number of carbonyl (C=O) groups excluding carboxylic acids is 1. The van der Waals surface area contributed by atoms with E-state index in [0.29, 0.717) is 17.9 Å². The summed E-state index contributed by atoms with van der Waals surface area (Å²) in [5.41, 5.74) is 6.70. The summed E-state index contributed by atoms with van der Waals surface area (Å²) in [4.78, 5) is 18.7. The third-order valence-electron chi connectivity index (χ3n) is 2.30. The highest BCUT2D eigenvalue weighted by Crippen LogP contribution is 2.21. The lowest BCUT2D eigenvalue weighted by Crippen LogP contribution is -2.00. The first-order chi connectivity index (χ1) is 8.24. The number of benzene rings is 1. The molecule has 0 radical (unpaired) electrons. The summed E-state index contributed by atoms with van der Waals surface area (Å²) < 4.78 is 5.11. The zero-order valence-electron chi connectivity index (χ0n) is 9.25. The molecular formula is C12H11N3O2. The number of anilines is 1. The highest BCUT2D eigenvalue weighted by atomic mass is 16.5. The summed E-state index contributed by atoms with van der Waals surface area (Å²) >= 11 is 0. The van der Waals surface area contributed by atoms with Gasteiger partial charge in [0.2, 0.25) is 0 Å². The minimum absolute atomic E-state index is 0.174. The van der Waals surface area contributed by atoms with Crippen LogP contribution in [0.5, 0.6) is 5.75 Å². The molecule has 0 unspecified atom stereocenters. The van der Waals surface area contributed by atoms with Crippen LogP contribution in [0.15, 0.2) is 30.5 Å². The zero-order chi connectivity index (χ0) is 12.3. The lowest BCUT2D eigenvalue weighted by atomic mass is 10.2. The fraction of sp³-hybridized carbons (Fsp3) is 0.0833. The standard InChI is InChI=1S/C12H11N3O2/c1-17-10-4-2-3-8(5-10)12-14-6-9(7-16)11(13)15-12/h2-7H,1H3,(H2,13,14,15). The Morgan fingerprint density at radius 3 is 2.88 bits per heavy atom. The molecule has 1 aromatic carbocycles. The Balaban J connectivity index is 2.45. The van der Waals surface area contributed by atoms with Crippen molar-refractivity contribution in [3.8, 4) is 17.1 Å². The molecule has 2 aromatic rings. The lowest BCUT2D eigenvalue weighted by molar-refractivity contribution is 0.112. The van der Waals surface area contributed by atoms with E-state index in [1.54, 1.807) is 13.2 Å². The molecule has 0 aliphatic rings. The van der Waals surface area contributed by atoms with Crippen LogP contribution in [-0.4, -0.2) is 23.4 Å². The molecule has 0 bridgehead atoms. The number of hydrogen-bond donors (Lipinski definition) is 1. The van der Waals surface area contributed by atoms with Gasteiger partial charge in [-0.1, -0.05) is 12.1 Å². The molecule has 0 amide bonds. The van der Waals surface area contributed by atoms with E-state index in [0.717, 1.165) is 5.56 Å². The average Bonchev–Trinajstić information content (AvgIpc) is 2.38. The number of ether oxygens (including phenoxy) is 1. The maximum Gasteiger partial charge on any atom is 0.161 e. The molecule has 0 aliphatic heterocycles. The Labute approximate surface area is 98.3 Å². The topological polar surface area (TPSA) is 78.1 Å². The number of hydrogen-bond acceptors (Lipinski definition) is 5. The van der Waals surface area contributed by atoms with Gasteiger partial charge in [0.15, 0.2) is 12.1 Å². The summed E-state index contributed by atoms with van der Waals surface area (Å²) in [5, 5.41) is 0. The molecule has 86 valence electrons. The molecule has 0 atom stereocenters. The minimum Gasteiger partial charge on any atom is -0.497 e. The SMILES string of the molecule is COc1cccc(-c2ncc(C=O)c(N)n2)c1. The van der Waals surface area contributed by atoms with E-state index < -0.39 is 0 Å². The first kappa shape index (κ1) is 11.1. The fourth-order valence-electron chi connectivity index (χ4n) is 1.40. The van der Waals surface area contributed by atoms with Gasteiger partial charge in [-0.15, -0.1) is 0 Å². The van der Waals surface area contributed by atoms with Crippen molar-refractivity contribution < 1.29 is 9.53 Å². The van der Waals surface area contributed by atoms with Gasteiger partial charge in [-0.25, -0.2) is 9.97 Å².